The van der Waals surface area contributed by atoms with Crippen LogP contribution in [0.2, 0.25) is 0 Å². The summed E-state index contributed by atoms with van der Waals surface area (Å²) < 4.78 is 28.3. The lowest BCUT2D eigenvalue weighted by Gasteiger charge is -2.21. The third-order valence-electron chi connectivity index (χ3n) is 2.98. The van der Waals surface area contributed by atoms with Crippen LogP contribution in [0.15, 0.2) is 0 Å². The summed E-state index contributed by atoms with van der Waals surface area (Å²) in [6, 6.07) is -0.176. The van der Waals surface area contributed by atoms with Crippen molar-refractivity contribution in [1.82, 2.24) is 0 Å². The molecule has 1 N–H and O–H groups in total. The molecule has 1 aliphatic heterocycles. The minimum absolute atomic E-state index is 0.0560. The molecule has 0 aliphatic carbocycles. The van der Waals surface area contributed by atoms with Gasteiger partial charge in [0.15, 0.2) is 0 Å². The van der Waals surface area contributed by atoms with Crippen molar-refractivity contribution in [3.8, 4) is 0 Å². The Hall–Kier alpha value is 0.135. The molecule has 7 heteroatoms. The van der Waals surface area contributed by atoms with Crippen molar-refractivity contribution in [1.29, 1.82) is 0 Å². The SMILES string of the molecule is B[C@@H]1O[C@H](COC(C)C)C[C@H]1OP(=O)(O)C(C)C. The fourth-order valence-corrected chi connectivity index (χ4v) is 2.64. The van der Waals surface area contributed by atoms with E-state index >= 15 is 0 Å². The van der Waals surface area contributed by atoms with Crippen molar-refractivity contribution in [2.75, 3.05) is 6.61 Å². The normalized spacial score (nSPS) is 32.1. The van der Waals surface area contributed by atoms with Crippen molar-refractivity contribution < 1.29 is 23.5 Å². The Bertz CT molecular complexity index is 310. The van der Waals surface area contributed by atoms with Crippen molar-refractivity contribution in [2.45, 2.75) is 64.1 Å². The van der Waals surface area contributed by atoms with Gasteiger partial charge in [-0.05, 0) is 13.8 Å². The van der Waals surface area contributed by atoms with E-state index in [0.717, 1.165) is 0 Å². The average Bonchev–Trinajstić information content (AvgIpc) is 2.56. The summed E-state index contributed by atoms with van der Waals surface area (Å²) in [5, 5.41) is 0. The number of ether oxygens (including phenoxy) is 2. The highest BCUT2D eigenvalue weighted by atomic mass is 31.2. The highest BCUT2D eigenvalue weighted by molar-refractivity contribution is 7.53. The molecule has 1 fully saturated rings. The molecule has 0 spiro atoms. The van der Waals surface area contributed by atoms with Crippen LogP contribution in [0, 0.1) is 0 Å². The first-order valence-electron chi connectivity index (χ1n) is 6.50. The van der Waals surface area contributed by atoms with Gasteiger partial charge in [-0.25, -0.2) is 0 Å². The maximum absolute atomic E-state index is 11.8. The molecule has 1 aliphatic rings. The molecule has 0 amide bonds. The maximum atomic E-state index is 11.8. The van der Waals surface area contributed by atoms with E-state index in [2.05, 4.69) is 0 Å². The summed E-state index contributed by atoms with van der Waals surface area (Å²) >= 11 is 0. The van der Waals surface area contributed by atoms with Gasteiger partial charge in [0.1, 0.15) is 7.85 Å². The Morgan fingerprint density at radius 3 is 2.56 bits per heavy atom. The largest absolute Gasteiger partial charge is 0.379 e. The van der Waals surface area contributed by atoms with Crippen molar-refractivity contribution in [2.24, 2.45) is 0 Å². The number of hydrogen-bond donors (Lipinski definition) is 1. The molecule has 1 saturated heterocycles. The summed E-state index contributed by atoms with van der Waals surface area (Å²) in [6.07, 6.45) is 0.373. The average molecular weight is 278 g/mol. The predicted octanol–water partition coefficient (Wildman–Crippen LogP) is 1.14. The Labute approximate surface area is 110 Å². The van der Waals surface area contributed by atoms with E-state index in [1.54, 1.807) is 13.8 Å². The fraction of sp³-hybridized carbons (Fsp3) is 1.00. The second kappa shape index (κ2) is 6.53. The molecule has 1 rings (SSSR count). The lowest BCUT2D eigenvalue weighted by atomic mass is 9.94. The van der Waals surface area contributed by atoms with Crippen LogP contribution in [0.4, 0.5) is 0 Å². The van der Waals surface area contributed by atoms with Gasteiger partial charge in [0.05, 0.1) is 36.6 Å². The first-order valence-corrected chi connectivity index (χ1v) is 8.15. The number of hydrogen-bond acceptors (Lipinski definition) is 4. The van der Waals surface area contributed by atoms with Crippen molar-refractivity contribution in [3.63, 3.8) is 0 Å². The summed E-state index contributed by atoms with van der Waals surface area (Å²) in [7, 11) is -1.67. The van der Waals surface area contributed by atoms with Crippen LogP contribution in [0.1, 0.15) is 34.1 Å². The monoisotopic (exact) mass is 278 g/mol. The Morgan fingerprint density at radius 2 is 2.06 bits per heavy atom. The predicted molar refractivity (Wildman–Crippen MR) is 72.7 cm³/mol. The van der Waals surface area contributed by atoms with Gasteiger partial charge in [0, 0.05) is 6.42 Å². The second-order valence-electron chi connectivity index (χ2n) is 5.38. The summed E-state index contributed by atoms with van der Waals surface area (Å²) in [4.78, 5) is 9.72. The highest BCUT2D eigenvalue weighted by Crippen LogP contribution is 2.50. The van der Waals surface area contributed by atoms with Gasteiger partial charge < -0.3 is 18.9 Å². The van der Waals surface area contributed by atoms with Crippen LogP contribution in [-0.4, -0.2) is 49.3 Å². The van der Waals surface area contributed by atoms with Crippen LogP contribution in [0.5, 0.6) is 0 Å². The maximum Gasteiger partial charge on any atom is 0.330 e. The quantitative estimate of drug-likeness (QED) is 0.583. The van der Waals surface area contributed by atoms with E-state index in [9.17, 15) is 9.46 Å². The lowest BCUT2D eigenvalue weighted by Crippen LogP contribution is -2.24. The van der Waals surface area contributed by atoms with Crippen molar-refractivity contribution in [3.05, 3.63) is 0 Å². The van der Waals surface area contributed by atoms with Crippen LogP contribution < -0.4 is 0 Å². The van der Waals surface area contributed by atoms with Gasteiger partial charge in [-0.3, -0.25) is 4.57 Å². The van der Waals surface area contributed by atoms with Gasteiger partial charge in [-0.2, -0.15) is 0 Å². The molecule has 18 heavy (non-hydrogen) atoms. The molecule has 1 unspecified atom stereocenters. The topological polar surface area (TPSA) is 65.0 Å². The zero-order valence-electron chi connectivity index (χ0n) is 11.8. The molecule has 0 aromatic rings. The Balaban J connectivity index is 2.47. The van der Waals surface area contributed by atoms with Crippen LogP contribution in [0.3, 0.4) is 0 Å². The minimum atomic E-state index is -3.54. The Kier molecular flexibility index (Phi) is 5.87. The van der Waals surface area contributed by atoms with Gasteiger partial charge in [-0.1, -0.05) is 13.8 Å². The lowest BCUT2D eigenvalue weighted by molar-refractivity contribution is -0.0180. The molecule has 1 heterocycles. The zero-order chi connectivity index (χ0) is 13.9. The molecule has 0 radical (unpaired) electrons. The van der Waals surface area contributed by atoms with E-state index in [0.29, 0.717) is 13.0 Å². The van der Waals surface area contributed by atoms with Gasteiger partial charge in [0.2, 0.25) is 0 Å². The van der Waals surface area contributed by atoms with Crippen molar-refractivity contribution >= 4 is 15.4 Å². The van der Waals surface area contributed by atoms with Gasteiger partial charge >= 0.3 is 7.60 Å². The smallest absolute Gasteiger partial charge is 0.330 e. The molecule has 106 valence electrons. The third-order valence-corrected chi connectivity index (χ3v) is 4.86. The molecular weight excluding hydrogens is 254 g/mol. The molecule has 0 aromatic carbocycles. The van der Waals surface area contributed by atoms with Crippen LogP contribution in [-0.2, 0) is 18.6 Å². The number of rotatable bonds is 6. The summed E-state index contributed by atoms with van der Waals surface area (Å²) in [5.41, 5.74) is -0.393. The Morgan fingerprint density at radius 1 is 1.44 bits per heavy atom. The van der Waals surface area contributed by atoms with E-state index in [1.807, 2.05) is 21.7 Å². The summed E-state index contributed by atoms with van der Waals surface area (Å²) in [6.45, 7) is 7.79. The van der Waals surface area contributed by atoms with E-state index in [4.69, 9.17) is 14.0 Å². The van der Waals surface area contributed by atoms with Crippen LogP contribution in [0.25, 0.3) is 0 Å². The molecule has 5 nitrogen and oxygen atoms in total. The standard InChI is InChI=1S/C11H24BO5P/c1-7(2)15-6-9-5-10(11(12)16-9)17-18(13,14)8(3)4/h7-11H,5-6,12H2,1-4H3,(H,13,14)/t9-,10+,11+/m0/s1. The highest BCUT2D eigenvalue weighted by Gasteiger charge is 2.38. The molecule has 0 bridgehead atoms. The van der Waals surface area contributed by atoms with Crippen LogP contribution >= 0.6 is 7.60 Å². The van der Waals surface area contributed by atoms with Gasteiger partial charge in [-0.15, -0.1) is 0 Å². The summed E-state index contributed by atoms with van der Waals surface area (Å²) in [5.74, 6) is 0. The minimum Gasteiger partial charge on any atom is -0.379 e. The first kappa shape index (κ1) is 16.2. The first-order chi connectivity index (χ1) is 8.22. The molecule has 0 saturated carbocycles. The third kappa shape index (κ3) is 4.67. The molecular formula is C11H24BO5P. The second-order valence-corrected chi connectivity index (χ2v) is 7.75. The fourth-order valence-electron chi connectivity index (χ4n) is 1.75. The van der Waals surface area contributed by atoms with E-state index in [1.165, 1.54) is 0 Å². The van der Waals surface area contributed by atoms with Gasteiger partial charge in [0.25, 0.3) is 0 Å². The zero-order valence-corrected chi connectivity index (χ0v) is 12.7. The molecule has 4 atom stereocenters. The molecule has 0 aromatic heterocycles. The van der Waals surface area contributed by atoms with E-state index in [-0.39, 0.29) is 24.3 Å². The van der Waals surface area contributed by atoms with E-state index < -0.39 is 13.3 Å².